The van der Waals surface area contributed by atoms with Crippen molar-refractivity contribution in [2.45, 2.75) is 24.5 Å². The molecule has 1 aromatic carbocycles. The average Bonchev–Trinajstić information content (AvgIpc) is 2.86. The van der Waals surface area contributed by atoms with Crippen molar-refractivity contribution in [3.8, 4) is 0 Å². The maximum Gasteiger partial charge on any atom is 0.273 e. The first kappa shape index (κ1) is 16.6. The predicted molar refractivity (Wildman–Crippen MR) is 83.7 cm³/mol. The number of aryl methyl sites for hydroxylation is 1. The van der Waals surface area contributed by atoms with E-state index in [4.69, 9.17) is 0 Å². The Morgan fingerprint density at radius 3 is 2.64 bits per heavy atom. The summed E-state index contributed by atoms with van der Waals surface area (Å²) >= 11 is 1.10. The van der Waals surface area contributed by atoms with Gasteiger partial charge in [-0.15, -0.1) is 11.3 Å². The number of sulfonamides is 1. The highest BCUT2D eigenvalue weighted by atomic mass is 32.2. The second-order valence-electron chi connectivity index (χ2n) is 5.07. The van der Waals surface area contributed by atoms with E-state index in [1.807, 2.05) is 0 Å². The average molecular weight is 341 g/mol. The van der Waals surface area contributed by atoms with Gasteiger partial charge < -0.3 is 0 Å². The number of nitrogens with one attached hydrogen (secondary N) is 1. The second kappa shape index (κ2) is 6.58. The third-order valence-electron chi connectivity index (χ3n) is 3.09. The van der Waals surface area contributed by atoms with E-state index in [9.17, 15) is 17.6 Å². The molecule has 118 valence electrons. The summed E-state index contributed by atoms with van der Waals surface area (Å²) in [5, 5.41) is 0. The van der Waals surface area contributed by atoms with Crippen molar-refractivity contribution in [2.24, 2.45) is 5.92 Å². The molecule has 0 saturated carbocycles. The van der Waals surface area contributed by atoms with Crippen LogP contribution >= 0.6 is 11.3 Å². The van der Waals surface area contributed by atoms with Crippen LogP contribution in [0.15, 0.2) is 40.6 Å². The maximum atomic E-state index is 13.1. The van der Waals surface area contributed by atoms with Gasteiger partial charge in [0.2, 0.25) is 5.91 Å². The lowest BCUT2D eigenvalue weighted by Crippen LogP contribution is -2.35. The fourth-order valence-electron chi connectivity index (χ4n) is 1.95. The normalized spacial score (nSPS) is 12.9. The third kappa shape index (κ3) is 4.14. The lowest BCUT2D eigenvalue weighted by Gasteiger charge is -2.12. The molecule has 1 aromatic heterocycles. The van der Waals surface area contributed by atoms with Gasteiger partial charge in [-0.05, 0) is 43.2 Å². The smallest absolute Gasteiger partial charge is 0.273 e. The highest BCUT2D eigenvalue weighted by molar-refractivity contribution is 7.92. The van der Waals surface area contributed by atoms with Crippen LogP contribution in [0.2, 0.25) is 0 Å². The summed E-state index contributed by atoms with van der Waals surface area (Å²) in [5.74, 6) is -1.57. The number of hydrogen-bond donors (Lipinski definition) is 1. The van der Waals surface area contributed by atoms with Gasteiger partial charge in [-0.2, -0.15) is 0 Å². The summed E-state index contributed by atoms with van der Waals surface area (Å²) in [6.07, 6.45) is 0.266. The first-order chi connectivity index (χ1) is 10.3. The van der Waals surface area contributed by atoms with E-state index in [1.54, 1.807) is 32.0 Å². The third-order valence-corrected chi connectivity index (χ3v) is 5.93. The molecule has 2 rings (SSSR count). The minimum atomic E-state index is -3.84. The number of benzene rings is 1. The molecule has 2 aromatic rings. The van der Waals surface area contributed by atoms with E-state index in [1.165, 1.54) is 18.2 Å². The number of amides is 1. The molecule has 0 fully saturated rings. The summed E-state index contributed by atoms with van der Waals surface area (Å²) < 4.78 is 39.5. The Morgan fingerprint density at radius 2 is 2.05 bits per heavy atom. The number of carbonyl (C=O) groups excluding carboxylic acids is 1. The molecule has 0 radical (unpaired) electrons. The Labute approximate surface area is 133 Å². The molecule has 4 nitrogen and oxygen atoms in total. The highest BCUT2D eigenvalue weighted by Gasteiger charge is 2.23. The molecular weight excluding hydrogens is 325 g/mol. The minimum Gasteiger partial charge on any atom is -0.274 e. The molecule has 1 N–H and O–H groups in total. The topological polar surface area (TPSA) is 63.2 Å². The molecule has 0 aliphatic heterocycles. The van der Waals surface area contributed by atoms with Crippen molar-refractivity contribution in [1.29, 1.82) is 0 Å². The molecule has 0 saturated heterocycles. The first-order valence-electron chi connectivity index (χ1n) is 6.65. The number of rotatable bonds is 5. The van der Waals surface area contributed by atoms with Crippen molar-refractivity contribution in [3.05, 3.63) is 52.7 Å². The Kier molecular flexibility index (Phi) is 4.97. The van der Waals surface area contributed by atoms with Gasteiger partial charge in [-0.3, -0.25) is 4.79 Å². The summed E-state index contributed by atoms with van der Waals surface area (Å²) in [7, 11) is -3.84. The Bertz CT molecular complexity index is 784. The second-order valence-corrected chi connectivity index (χ2v) is 8.27. The van der Waals surface area contributed by atoms with Crippen LogP contribution in [-0.4, -0.2) is 14.3 Å². The van der Waals surface area contributed by atoms with Crippen molar-refractivity contribution in [2.75, 3.05) is 0 Å². The minimum absolute atomic E-state index is 0.108. The monoisotopic (exact) mass is 341 g/mol. The van der Waals surface area contributed by atoms with E-state index in [-0.39, 0.29) is 16.4 Å². The van der Waals surface area contributed by atoms with Crippen LogP contribution in [0.1, 0.15) is 17.4 Å². The van der Waals surface area contributed by atoms with Gasteiger partial charge in [0.15, 0.2) is 0 Å². The fraction of sp³-hybridized carbons (Fsp3) is 0.267. The molecule has 0 spiro atoms. The Balaban J connectivity index is 2.05. The van der Waals surface area contributed by atoms with Crippen molar-refractivity contribution < 1.29 is 17.6 Å². The van der Waals surface area contributed by atoms with E-state index < -0.39 is 21.8 Å². The first-order valence-corrected chi connectivity index (χ1v) is 8.95. The molecule has 0 unspecified atom stereocenters. The van der Waals surface area contributed by atoms with E-state index in [0.717, 1.165) is 16.2 Å². The molecule has 22 heavy (non-hydrogen) atoms. The Hall–Kier alpha value is -1.73. The summed E-state index contributed by atoms with van der Waals surface area (Å²) in [5.41, 5.74) is 0.645. The molecule has 7 heteroatoms. The number of carbonyl (C=O) groups is 1. The van der Waals surface area contributed by atoms with Crippen LogP contribution in [0.3, 0.4) is 0 Å². The maximum absolute atomic E-state index is 13.1. The Morgan fingerprint density at radius 1 is 1.32 bits per heavy atom. The largest absolute Gasteiger partial charge is 0.274 e. The van der Waals surface area contributed by atoms with E-state index in [2.05, 4.69) is 4.72 Å². The summed E-state index contributed by atoms with van der Waals surface area (Å²) in [6.45, 7) is 3.40. The van der Waals surface area contributed by atoms with Crippen LogP contribution in [0, 0.1) is 18.7 Å². The summed E-state index contributed by atoms with van der Waals surface area (Å²) in [4.78, 5) is 12.9. The molecule has 1 atom stereocenters. The molecule has 0 bridgehead atoms. The van der Waals surface area contributed by atoms with Gasteiger partial charge in [-0.1, -0.05) is 19.1 Å². The van der Waals surface area contributed by atoms with Crippen LogP contribution in [0.5, 0.6) is 0 Å². The summed E-state index contributed by atoms with van der Waals surface area (Å²) in [6, 6.07) is 9.05. The van der Waals surface area contributed by atoms with E-state index in [0.29, 0.717) is 5.56 Å². The van der Waals surface area contributed by atoms with E-state index >= 15 is 0 Å². The van der Waals surface area contributed by atoms with Crippen molar-refractivity contribution in [3.63, 3.8) is 0 Å². The quantitative estimate of drug-likeness (QED) is 0.909. The lowest BCUT2D eigenvalue weighted by molar-refractivity contribution is -0.122. The standard InChI is InChI=1S/C15H16FNO3S2/c1-10(8-12-4-3-5-13(16)9-12)15(18)17-22(19,20)14-7-6-11(2)21-14/h3-7,9-10H,8H2,1-2H3,(H,17,18)/t10-/m0/s1. The zero-order valence-electron chi connectivity index (χ0n) is 12.2. The van der Waals surface area contributed by atoms with Crippen LogP contribution in [0.25, 0.3) is 0 Å². The van der Waals surface area contributed by atoms with Gasteiger partial charge in [-0.25, -0.2) is 17.5 Å². The number of thiophene rings is 1. The molecule has 0 aliphatic carbocycles. The molecular formula is C15H16FNO3S2. The van der Waals surface area contributed by atoms with Gasteiger partial charge >= 0.3 is 0 Å². The van der Waals surface area contributed by atoms with Crippen molar-refractivity contribution in [1.82, 2.24) is 4.72 Å². The number of halogens is 1. The highest BCUT2D eigenvalue weighted by Crippen LogP contribution is 2.21. The van der Waals surface area contributed by atoms with Crippen molar-refractivity contribution >= 4 is 27.3 Å². The lowest BCUT2D eigenvalue weighted by atomic mass is 10.0. The molecule has 0 aliphatic rings. The molecule has 1 heterocycles. The van der Waals surface area contributed by atoms with Gasteiger partial charge in [0.05, 0.1) is 0 Å². The predicted octanol–water partition coefficient (Wildman–Crippen LogP) is 2.88. The van der Waals surface area contributed by atoms with Crippen LogP contribution < -0.4 is 4.72 Å². The molecule has 1 amide bonds. The van der Waals surface area contributed by atoms with Gasteiger partial charge in [0.25, 0.3) is 10.0 Å². The van der Waals surface area contributed by atoms with Crippen LogP contribution in [-0.2, 0) is 21.2 Å². The fourth-order valence-corrected chi connectivity index (χ4v) is 4.31. The zero-order valence-corrected chi connectivity index (χ0v) is 13.8. The zero-order chi connectivity index (χ0) is 16.3. The van der Waals surface area contributed by atoms with Gasteiger partial charge in [0.1, 0.15) is 10.0 Å². The van der Waals surface area contributed by atoms with Gasteiger partial charge in [0, 0.05) is 10.8 Å². The number of hydrogen-bond acceptors (Lipinski definition) is 4. The SMILES string of the molecule is Cc1ccc(S(=O)(=O)NC(=O)[C@@H](C)Cc2cccc(F)c2)s1. The van der Waals surface area contributed by atoms with Crippen LogP contribution in [0.4, 0.5) is 4.39 Å².